The Morgan fingerprint density at radius 2 is 2.09 bits per heavy atom. The van der Waals surface area contributed by atoms with Crippen LogP contribution in [0.3, 0.4) is 0 Å². The van der Waals surface area contributed by atoms with Gasteiger partial charge < -0.3 is 16.2 Å². The van der Waals surface area contributed by atoms with Gasteiger partial charge in [0.15, 0.2) is 9.84 Å². The van der Waals surface area contributed by atoms with Crippen LogP contribution in [0.1, 0.15) is 0 Å². The number of methoxy groups -OCH3 is 1. The van der Waals surface area contributed by atoms with Crippen LogP contribution < -0.4 is 11.5 Å². The molecule has 0 amide bonds. The van der Waals surface area contributed by atoms with E-state index in [0.29, 0.717) is 0 Å². The standard InChI is InChI=1S/C5H12N2O3S/c1-10-2-3-11(8,9)4-5(6)7/h4H,2-3,6-7H2,1H3. The number of ether oxygens (including phenoxy) is 1. The SMILES string of the molecule is COCCS(=O)(=O)C=C(N)N. The van der Waals surface area contributed by atoms with Gasteiger partial charge in [-0.2, -0.15) is 0 Å². The second-order valence-electron chi connectivity index (χ2n) is 1.98. The summed E-state index contributed by atoms with van der Waals surface area (Å²) in [5.41, 5.74) is 9.94. The van der Waals surface area contributed by atoms with Gasteiger partial charge in [0.05, 0.1) is 17.8 Å². The minimum atomic E-state index is -3.28. The Morgan fingerprint density at radius 1 is 1.55 bits per heavy atom. The van der Waals surface area contributed by atoms with Crippen LogP contribution in [0.15, 0.2) is 11.2 Å². The van der Waals surface area contributed by atoms with E-state index in [1.807, 2.05) is 0 Å². The Morgan fingerprint density at radius 3 is 2.45 bits per heavy atom. The summed E-state index contributed by atoms with van der Waals surface area (Å²) >= 11 is 0. The molecule has 0 aromatic rings. The molecule has 11 heavy (non-hydrogen) atoms. The molecule has 0 bridgehead atoms. The number of nitrogens with two attached hydrogens (primary N) is 2. The molecule has 0 saturated heterocycles. The van der Waals surface area contributed by atoms with E-state index in [1.165, 1.54) is 7.11 Å². The summed E-state index contributed by atoms with van der Waals surface area (Å²) in [4.78, 5) is 0. The van der Waals surface area contributed by atoms with Crippen LogP contribution in [0.2, 0.25) is 0 Å². The molecule has 0 aromatic heterocycles. The van der Waals surface area contributed by atoms with Crippen LogP contribution >= 0.6 is 0 Å². The topological polar surface area (TPSA) is 95.4 Å². The van der Waals surface area contributed by atoms with Crippen LogP contribution in [0.25, 0.3) is 0 Å². The molecule has 0 heterocycles. The summed E-state index contributed by atoms with van der Waals surface area (Å²) in [6.45, 7) is 0.145. The first-order valence-corrected chi connectivity index (χ1v) is 4.64. The van der Waals surface area contributed by atoms with Gasteiger partial charge in [-0.25, -0.2) is 8.42 Å². The molecule has 4 N–H and O–H groups in total. The lowest BCUT2D eigenvalue weighted by Gasteiger charge is -1.97. The molecule has 5 nitrogen and oxygen atoms in total. The third-order valence-corrected chi connectivity index (χ3v) is 2.25. The number of sulfone groups is 1. The molecule has 0 atom stereocenters. The Bertz CT molecular complexity index is 228. The normalized spacial score (nSPS) is 11.0. The lowest BCUT2D eigenvalue weighted by molar-refractivity contribution is 0.217. The van der Waals surface area contributed by atoms with Crippen molar-refractivity contribution in [1.82, 2.24) is 0 Å². The molecule has 66 valence electrons. The summed E-state index contributed by atoms with van der Waals surface area (Å²) in [5.74, 6) is -0.303. The van der Waals surface area contributed by atoms with E-state index in [-0.39, 0.29) is 18.2 Å². The molecule has 6 heteroatoms. The second kappa shape index (κ2) is 4.20. The smallest absolute Gasteiger partial charge is 0.177 e. The Balaban J connectivity index is 4.14. The van der Waals surface area contributed by atoms with Crippen LogP contribution in [0, 0.1) is 0 Å². The van der Waals surface area contributed by atoms with Crippen molar-refractivity contribution in [2.45, 2.75) is 0 Å². The zero-order valence-corrected chi connectivity index (χ0v) is 7.10. The lowest BCUT2D eigenvalue weighted by atomic mass is 10.9. The molecule has 0 radical (unpaired) electrons. The fourth-order valence-electron chi connectivity index (χ4n) is 0.466. The van der Waals surface area contributed by atoms with E-state index in [9.17, 15) is 8.42 Å². The van der Waals surface area contributed by atoms with Crippen molar-refractivity contribution in [2.24, 2.45) is 11.5 Å². The van der Waals surface area contributed by atoms with Crippen molar-refractivity contribution in [1.29, 1.82) is 0 Å². The molecule has 0 aromatic carbocycles. The van der Waals surface area contributed by atoms with Crippen molar-refractivity contribution < 1.29 is 13.2 Å². The first-order chi connectivity index (χ1) is 4.98. The Kier molecular flexibility index (Phi) is 3.91. The average molecular weight is 180 g/mol. The lowest BCUT2D eigenvalue weighted by Crippen LogP contribution is -2.14. The maximum absolute atomic E-state index is 10.9. The van der Waals surface area contributed by atoms with Gasteiger partial charge in [-0.1, -0.05) is 0 Å². The maximum atomic E-state index is 10.9. The quantitative estimate of drug-likeness (QED) is 0.564. The molecule has 0 aliphatic carbocycles. The van der Waals surface area contributed by atoms with E-state index in [4.69, 9.17) is 11.5 Å². The van der Waals surface area contributed by atoms with Crippen LogP contribution in [0.5, 0.6) is 0 Å². The first kappa shape index (κ1) is 10.2. The molecular formula is C5H12N2O3S. The van der Waals surface area contributed by atoms with Crippen LogP contribution in [0.4, 0.5) is 0 Å². The van der Waals surface area contributed by atoms with Gasteiger partial charge in [-0.3, -0.25) is 0 Å². The molecule has 0 aliphatic heterocycles. The first-order valence-electron chi connectivity index (χ1n) is 2.92. The minimum absolute atomic E-state index is 0.0958. The van der Waals surface area contributed by atoms with Gasteiger partial charge >= 0.3 is 0 Å². The van der Waals surface area contributed by atoms with Gasteiger partial charge in [0.25, 0.3) is 0 Å². The number of hydrogen-bond acceptors (Lipinski definition) is 5. The summed E-state index contributed by atoms with van der Waals surface area (Å²) in [5, 5.41) is 0.825. The van der Waals surface area contributed by atoms with E-state index in [1.54, 1.807) is 0 Å². The van der Waals surface area contributed by atoms with Crippen LogP contribution in [-0.4, -0.2) is 27.9 Å². The highest BCUT2D eigenvalue weighted by molar-refractivity contribution is 7.94. The highest BCUT2D eigenvalue weighted by atomic mass is 32.2. The fraction of sp³-hybridized carbons (Fsp3) is 0.600. The Hall–Kier alpha value is -0.750. The summed E-state index contributed by atoms with van der Waals surface area (Å²) in [6, 6.07) is 0. The molecular weight excluding hydrogens is 168 g/mol. The largest absolute Gasteiger partial charge is 0.385 e. The molecule has 0 spiro atoms. The van der Waals surface area contributed by atoms with E-state index in [2.05, 4.69) is 4.74 Å². The molecule has 0 aliphatic rings. The summed E-state index contributed by atoms with van der Waals surface area (Å²) in [7, 11) is -1.86. The van der Waals surface area contributed by atoms with Crippen molar-refractivity contribution >= 4 is 9.84 Å². The minimum Gasteiger partial charge on any atom is -0.385 e. The van der Waals surface area contributed by atoms with E-state index in [0.717, 1.165) is 5.41 Å². The van der Waals surface area contributed by atoms with E-state index >= 15 is 0 Å². The summed E-state index contributed by atoms with van der Waals surface area (Å²) < 4.78 is 26.3. The molecule has 0 unspecified atom stereocenters. The second-order valence-corrected chi connectivity index (χ2v) is 3.95. The van der Waals surface area contributed by atoms with Gasteiger partial charge in [-0.15, -0.1) is 0 Å². The predicted octanol–water partition coefficient (Wildman–Crippen LogP) is -1.24. The molecule has 0 saturated carbocycles. The van der Waals surface area contributed by atoms with E-state index < -0.39 is 9.84 Å². The average Bonchev–Trinajstić information content (AvgIpc) is 1.81. The highest BCUT2D eigenvalue weighted by Gasteiger charge is 2.05. The van der Waals surface area contributed by atoms with Gasteiger partial charge in [-0.05, 0) is 0 Å². The van der Waals surface area contributed by atoms with Gasteiger partial charge in [0.2, 0.25) is 0 Å². The number of rotatable bonds is 4. The fourth-order valence-corrected chi connectivity index (χ4v) is 1.40. The third-order valence-electron chi connectivity index (χ3n) is 0.888. The summed E-state index contributed by atoms with van der Waals surface area (Å²) in [6.07, 6.45) is 0. The van der Waals surface area contributed by atoms with Gasteiger partial charge in [0, 0.05) is 7.11 Å². The number of hydrogen-bond donors (Lipinski definition) is 2. The highest BCUT2D eigenvalue weighted by Crippen LogP contribution is 1.92. The van der Waals surface area contributed by atoms with Crippen molar-refractivity contribution in [3.63, 3.8) is 0 Å². The molecule has 0 rings (SSSR count). The van der Waals surface area contributed by atoms with Gasteiger partial charge in [0.1, 0.15) is 5.82 Å². The zero-order valence-electron chi connectivity index (χ0n) is 6.28. The predicted molar refractivity (Wildman–Crippen MR) is 42.1 cm³/mol. The van der Waals surface area contributed by atoms with Crippen molar-refractivity contribution in [3.05, 3.63) is 11.2 Å². The van der Waals surface area contributed by atoms with Crippen molar-refractivity contribution in [3.8, 4) is 0 Å². The Labute approximate surface area is 65.9 Å². The third kappa shape index (κ3) is 5.68. The van der Waals surface area contributed by atoms with Crippen molar-refractivity contribution in [2.75, 3.05) is 19.5 Å². The van der Waals surface area contributed by atoms with Crippen LogP contribution in [-0.2, 0) is 14.6 Å². The maximum Gasteiger partial charge on any atom is 0.177 e. The molecule has 0 fully saturated rings. The zero-order chi connectivity index (χ0) is 8.91. The monoisotopic (exact) mass is 180 g/mol.